The predicted molar refractivity (Wildman–Crippen MR) is 221 cm³/mol. The van der Waals surface area contributed by atoms with Gasteiger partial charge in [0.05, 0.1) is 0 Å². The molecule has 0 fully saturated rings. The average molecular weight is 694 g/mol. The summed E-state index contributed by atoms with van der Waals surface area (Å²) in [7, 11) is 0. The van der Waals surface area contributed by atoms with Crippen LogP contribution in [0.5, 0.6) is 0 Å². The van der Waals surface area contributed by atoms with Crippen LogP contribution in [0.3, 0.4) is 0 Å². The van der Waals surface area contributed by atoms with Gasteiger partial charge in [-0.2, -0.15) is 0 Å². The van der Waals surface area contributed by atoms with Crippen LogP contribution in [-0.2, 0) is 0 Å². The summed E-state index contributed by atoms with van der Waals surface area (Å²) < 4.78 is 12.8. The summed E-state index contributed by atoms with van der Waals surface area (Å²) in [5.41, 5.74) is 11.0. The topological polar surface area (TPSA) is 63.0 Å². The Morgan fingerprint density at radius 2 is 1.02 bits per heavy atom. The summed E-state index contributed by atoms with van der Waals surface area (Å²) >= 11 is 0. The molecule has 5 heteroatoms. The number of aliphatic imine (C=N–C) groups is 2. The molecule has 0 spiro atoms. The number of hydrogen-bond acceptors (Lipinski definition) is 5. The molecule has 0 amide bonds. The zero-order valence-electron chi connectivity index (χ0n) is 29.0. The number of nitrogens with zero attached hydrogens (tertiary/aromatic N) is 2. The number of nitrogens with one attached hydrogen (secondary N) is 1. The van der Waals surface area contributed by atoms with Gasteiger partial charge in [-0.3, -0.25) is 0 Å². The second-order valence-electron chi connectivity index (χ2n) is 13.7. The second kappa shape index (κ2) is 12.2. The van der Waals surface area contributed by atoms with E-state index in [0.717, 1.165) is 99.4 Å². The van der Waals surface area contributed by atoms with Gasteiger partial charge in [-0.15, -0.1) is 0 Å². The highest BCUT2D eigenvalue weighted by Crippen LogP contribution is 2.43. The van der Waals surface area contributed by atoms with Crippen LogP contribution in [0, 0.1) is 0 Å². The lowest BCUT2D eigenvalue weighted by Crippen LogP contribution is -2.33. The minimum absolute atomic E-state index is 0.340. The molecule has 0 saturated carbocycles. The Labute approximate surface area is 310 Å². The summed E-state index contributed by atoms with van der Waals surface area (Å²) in [5, 5.41) is 10.4. The summed E-state index contributed by atoms with van der Waals surface area (Å²) in [6.45, 7) is 0. The number of rotatable bonds is 5. The molecular formula is C49H31N3O2. The molecule has 1 unspecified atom stereocenters. The molecule has 254 valence electrons. The second-order valence-corrected chi connectivity index (χ2v) is 13.7. The molecule has 1 aliphatic rings. The molecule has 3 heterocycles. The molecule has 0 bridgehead atoms. The van der Waals surface area contributed by atoms with Gasteiger partial charge in [0.15, 0.2) is 5.84 Å². The van der Waals surface area contributed by atoms with Crippen LogP contribution >= 0.6 is 0 Å². The SMILES string of the molecule is c1ccc(C2=NC(c3ccc(-c4cccc5oc6cc(-c7cccc8oc9ccccc9c78)ccc6c45)c4ccccc34)NC(c3ccccc3)=N2)cc1. The molecule has 1 aliphatic heterocycles. The first-order valence-corrected chi connectivity index (χ1v) is 18.2. The highest BCUT2D eigenvalue weighted by Gasteiger charge is 2.24. The highest BCUT2D eigenvalue weighted by molar-refractivity contribution is 6.18. The van der Waals surface area contributed by atoms with E-state index in [1.54, 1.807) is 0 Å². The number of para-hydroxylation sites is 1. The molecule has 2 aromatic heterocycles. The van der Waals surface area contributed by atoms with Gasteiger partial charge in [0.1, 0.15) is 34.3 Å². The van der Waals surface area contributed by atoms with Crippen LogP contribution in [-0.4, -0.2) is 11.7 Å². The minimum atomic E-state index is -0.340. The Morgan fingerprint density at radius 1 is 0.407 bits per heavy atom. The average Bonchev–Trinajstić information content (AvgIpc) is 3.82. The van der Waals surface area contributed by atoms with E-state index in [0.29, 0.717) is 5.84 Å². The number of fused-ring (bicyclic) bond motifs is 7. The van der Waals surface area contributed by atoms with Crippen molar-refractivity contribution in [3.8, 4) is 22.3 Å². The van der Waals surface area contributed by atoms with Crippen molar-refractivity contribution in [2.24, 2.45) is 9.98 Å². The van der Waals surface area contributed by atoms with E-state index < -0.39 is 0 Å². The number of benzene rings is 8. The first-order valence-electron chi connectivity index (χ1n) is 18.2. The third kappa shape index (κ3) is 4.86. The van der Waals surface area contributed by atoms with Gasteiger partial charge >= 0.3 is 0 Å². The maximum atomic E-state index is 6.63. The van der Waals surface area contributed by atoms with Crippen molar-refractivity contribution in [3.05, 3.63) is 193 Å². The van der Waals surface area contributed by atoms with Gasteiger partial charge in [0.2, 0.25) is 0 Å². The van der Waals surface area contributed by atoms with Crippen molar-refractivity contribution in [2.75, 3.05) is 0 Å². The maximum Gasteiger partial charge on any atom is 0.159 e. The zero-order valence-corrected chi connectivity index (χ0v) is 29.0. The monoisotopic (exact) mass is 693 g/mol. The van der Waals surface area contributed by atoms with E-state index in [-0.39, 0.29) is 6.17 Å². The first-order chi connectivity index (χ1) is 26.8. The lowest BCUT2D eigenvalue weighted by Gasteiger charge is -2.25. The smallest absolute Gasteiger partial charge is 0.159 e. The van der Waals surface area contributed by atoms with E-state index in [4.69, 9.17) is 18.8 Å². The van der Waals surface area contributed by atoms with Gasteiger partial charge < -0.3 is 14.2 Å². The van der Waals surface area contributed by atoms with E-state index in [9.17, 15) is 0 Å². The molecule has 10 aromatic rings. The molecule has 1 N–H and O–H groups in total. The van der Waals surface area contributed by atoms with Crippen molar-refractivity contribution in [3.63, 3.8) is 0 Å². The third-order valence-electron chi connectivity index (χ3n) is 10.6. The first kappa shape index (κ1) is 30.4. The maximum absolute atomic E-state index is 6.63. The van der Waals surface area contributed by atoms with Gasteiger partial charge in [0.25, 0.3) is 0 Å². The summed E-state index contributed by atoms with van der Waals surface area (Å²) in [6.07, 6.45) is -0.340. The van der Waals surface area contributed by atoms with E-state index >= 15 is 0 Å². The molecule has 1 atom stereocenters. The fraction of sp³-hybridized carbons (Fsp3) is 0.0204. The largest absolute Gasteiger partial charge is 0.456 e. The van der Waals surface area contributed by atoms with Crippen LogP contribution in [0.2, 0.25) is 0 Å². The third-order valence-corrected chi connectivity index (χ3v) is 10.6. The Hall–Kier alpha value is -7.24. The van der Waals surface area contributed by atoms with Gasteiger partial charge in [-0.25, -0.2) is 9.98 Å². The van der Waals surface area contributed by atoms with Crippen molar-refractivity contribution < 1.29 is 8.83 Å². The molecule has 11 rings (SSSR count). The lowest BCUT2D eigenvalue weighted by molar-refractivity contribution is 0.668. The predicted octanol–water partition coefficient (Wildman–Crippen LogP) is 12.5. The van der Waals surface area contributed by atoms with E-state index in [1.807, 2.05) is 54.6 Å². The summed E-state index contributed by atoms with van der Waals surface area (Å²) in [6, 6.07) is 60.9. The normalized spacial score (nSPS) is 14.5. The fourth-order valence-corrected chi connectivity index (χ4v) is 8.10. The molecule has 0 saturated heterocycles. The highest BCUT2D eigenvalue weighted by atomic mass is 16.3. The van der Waals surface area contributed by atoms with E-state index in [2.05, 4.69) is 127 Å². The van der Waals surface area contributed by atoms with Gasteiger partial charge in [-0.1, -0.05) is 146 Å². The molecule has 8 aromatic carbocycles. The number of hydrogen-bond donors (Lipinski definition) is 1. The summed E-state index contributed by atoms with van der Waals surface area (Å²) in [4.78, 5) is 10.2. The van der Waals surface area contributed by atoms with Gasteiger partial charge in [0, 0.05) is 38.2 Å². The Bertz CT molecular complexity index is 3140. The molecule has 0 aliphatic carbocycles. The molecule has 5 nitrogen and oxygen atoms in total. The molecule has 0 radical (unpaired) electrons. The number of furan rings is 2. The fourth-order valence-electron chi connectivity index (χ4n) is 8.10. The van der Waals surface area contributed by atoms with Crippen LogP contribution in [0.25, 0.3) is 76.9 Å². The quantitative estimate of drug-likeness (QED) is 0.195. The van der Waals surface area contributed by atoms with Crippen LogP contribution in [0.4, 0.5) is 0 Å². The van der Waals surface area contributed by atoms with Crippen LogP contribution in [0.1, 0.15) is 22.9 Å². The van der Waals surface area contributed by atoms with Crippen molar-refractivity contribution in [1.82, 2.24) is 5.32 Å². The minimum Gasteiger partial charge on any atom is -0.456 e. The van der Waals surface area contributed by atoms with Crippen molar-refractivity contribution >= 4 is 66.3 Å². The Morgan fingerprint density at radius 3 is 1.81 bits per heavy atom. The molecular weight excluding hydrogens is 663 g/mol. The van der Waals surface area contributed by atoms with E-state index in [1.165, 1.54) is 0 Å². The molecule has 54 heavy (non-hydrogen) atoms. The Balaban J connectivity index is 1.05. The van der Waals surface area contributed by atoms with Crippen molar-refractivity contribution in [1.29, 1.82) is 0 Å². The summed E-state index contributed by atoms with van der Waals surface area (Å²) in [5.74, 6) is 1.51. The Kier molecular flexibility index (Phi) is 6.85. The van der Waals surface area contributed by atoms with Crippen LogP contribution < -0.4 is 5.32 Å². The lowest BCUT2D eigenvalue weighted by atomic mass is 9.91. The van der Waals surface area contributed by atoms with Gasteiger partial charge in [-0.05, 0) is 63.4 Å². The number of amidine groups is 2. The van der Waals surface area contributed by atoms with Crippen molar-refractivity contribution in [2.45, 2.75) is 6.17 Å². The standard InChI is InChI=1S/C49H31N3O2/c1-3-13-30(14-4-1)47-50-48(31-15-5-2-6-16-31)52-49(51-47)38-28-27-36(34-17-7-8-18-35(34)38)37-21-12-24-43-46(37)40-26-25-32(29-44(40)54-43)33-20-11-23-42-45(33)39-19-9-10-22-41(39)53-42/h1-29,49H,(H,50,51,52). The van der Waals surface area contributed by atoms with Crippen LogP contribution in [0.15, 0.2) is 195 Å². The zero-order chi connectivity index (χ0) is 35.6.